The zero-order chi connectivity index (χ0) is 7.94. The summed E-state index contributed by atoms with van der Waals surface area (Å²) >= 11 is 0. The Bertz CT molecular complexity index is 87.3. The molecule has 1 radical (unpaired) electrons. The average Bonchev–Trinajstić information content (AvgIpc) is 2.28. The van der Waals surface area contributed by atoms with E-state index in [9.17, 15) is 0 Å². The second-order valence-corrected chi connectivity index (χ2v) is 2.99. The summed E-state index contributed by atoms with van der Waals surface area (Å²) in [5.74, 6) is 0. The van der Waals surface area contributed by atoms with Crippen LogP contribution in [0, 0.1) is 0 Å². The van der Waals surface area contributed by atoms with E-state index >= 15 is 0 Å². The van der Waals surface area contributed by atoms with E-state index in [1.807, 2.05) is 7.05 Å². The first kappa shape index (κ1) is 8.97. The number of hydrogen-bond acceptors (Lipinski definition) is 2. The van der Waals surface area contributed by atoms with Crippen molar-refractivity contribution in [2.45, 2.75) is 18.9 Å². The van der Waals surface area contributed by atoms with E-state index in [-0.39, 0.29) is 0 Å². The van der Waals surface area contributed by atoms with Crippen molar-refractivity contribution in [3.8, 4) is 0 Å². The number of hydrogen-bond donors (Lipinski definition) is 2. The molecule has 3 nitrogen and oxygen atoms in total. The van der Waals surface area contributed by atoms with Gasteiger partial charge in [-0.25, -0.2) is 5.32 Å². The minimum Gasteiger partial charge on any atom is -0.320 e. The summed E-state index contributed by atoms with van der Waals surface area (Å²) in [7, 11) is 1.99. The summed E-state index contributed by atoms with van der Waals surface area (Å²) in [5, 5.41) is 11.1. The second kappa shape index (κ2) is 5.52. The Morgan fingerprint density at radius 1 is 1.55 bits per heavy atom. The predicted molar refractivity (Wildman–Crippen MR) is 46.8 cm³/mol. The molecule has 1 heterocycles. The van der Waals surface area contributed by atoms with Crippen molar-refractivity contribution in [1.29, 1.82) is 0 Å². The Balaban J connectivity index is 2.09. The van der Waals surface area contributed by atoms with E-state index < -0.39 is 0 Å². The summed E-state index contributed by atoms with van der Waals surface area (Å²) in [6, 6.07) is 0.595. The molecule has 0 aromatic carbocycles. The van der Waals surface area contributed by atoms with Crippen LogP contribution >= 0.6 is 0 Å². The maximum absolute atomic E-state index is 4.56. The topological polar surface area (TPSA) is 38.2 Å². The smallest absolute Gasteiger partial charge is 0.0270 e. The van der Waals surface area contributed by atoms with Gasteiger partial charge in [-0.15, -0.1) is 0 Å². The van der Waals surface area contributed by atoms with E-state index in [1.54, 1.807) is 0 Å². The summed E-state index contributed by atoms with van der Waals surface area (Å²) < 4.78 is 0. The van der Waals surface area contributed by atoms with Gasteiger partial charge < -0.3 is 10.6 Å². The van der Waals surface area contributed by atoms with Gasteiger partial charge in [0.05, 0.1) is 0 Å². The van der Waals surface area contributed by atoms with Gasteiger partial charge in [-0.05, 0) is 33.0 Å². The predicted octanol–water partition coefficient (Wildman–Crippen LogP) is -0.438. The molecule has 1 saturated heterocycles. The summed E-state index contributed by atoms with van der Waals surface area (Å²) in [4.78, 5) is 0. The number of nitrogens with one attached hydrogen (secondary N) is 2. The highest BCUT2D eigenvalue weighted by Gasteiger charge is 2.10. The van der Waals surface area contributed by atoms with Crippen molar-refractivity contribution in [2.24, 2.45) is 0 Å². The third-order valence-electron chi connectivity index (χ3n) is 2.06. The van der Waals surface area contributed by atoms with Gasteiger partial charge in [0.25, 0.3) is 0 Å². The Morgan fingerprint density at radius 3 is 3.27 bits per heavy atom. The van der Waals surface area contributed by atoms with Crippen LogP contribution in [0.3, 0.4) is 0 Å². The van der Waals surface area contributed by atoms with Gasteiger partial charge >= 0.3 is 0 Å². The standard InChI is InChI=1S/C8H18N3/c1-9-4-2-8-3-5-10-6-7-11-8/h8-10H,2-7H2,1H3. The molecule has 0 bridgehead atoms. The first-order valence-electron chi connectivity index (χ1n) is 4.45. The lowest BCUT2D eigenvalue weighted by Crippen LogP contribution is -2.26. The Hall–Kier alpha value is -0.120. The van der Waals surface area contributed by atoms with E-state index in [2.05, 4.69) is 16.0 Å². The van der Waals surface area contributed by atoms with Crippen LogP contribution in [-0.2, 0) is 0 Å². The van der Waals surface area contributed by atoms with Crippen molar-refractivity contribution < 1.29 is 0 Å². The molecule has 65 valence electrons. The van der Waals surface area contributed by atoms with Crippen LogP contribution in [0.15, 0.2) is 0 Å². The highest BCUT2D eigenvalue weighted by atomic mass is 15.0. The third-order valence-corrected chi connectivity index (χ3v) is 2.06. The molecule has 0 aromatic rings. The molecule has 0 spiro atoms. The quantitative estimate of drug-likeness (QED) is 0.581. The van der Waals surface area contributed by atoms with Crippen LogP contribution < -0.4 is 16.0 Å². The fourth-order valence-corrected chi connectivity index (χ4v) is 1.36. The van der Waals surface area contributed by atoms with Crippen molar-refractivity contribution in [1.82, 2.24) is 16.0 Å². The molecule has 1 aliphatic rings. The lowest BCUT2D eigenvalue weighted by Gasteiger charge is -2.12. The van der Waals surface area contributed by atoms with Crippen molar-refractivity contribution in [3.63, 3.8) is 0 Å². The SMILES string of the molecule is CNCCC1CCNCC[N]1. The molecular formula is C8H18N3. The van der Waals surface area contributed by atoms with Crippen molar-refractivity contribution in [2.75, 3.05) is 33.2 Å². The maximum atomic E-state index is 4.56. The minimum atomic E-state index is 0.595. The van der Waals surface area contributed by atoms with Gasteiger partial charge in [0.1, 0.15) is 0 Å². The Labute approximate surface area is 68.9 Å². The molecule has 1 aliphatic heterocycles. The molecule has 11 heavy (non-hydrogen) atoms. The van der Waals surface area contributed by atoms with Crippen LogP contribution in [0.25, 0.3) is 0 Å². The zero-order valence-corrected chi connectivity index (χ0v) is 7.27. The summed E-state index contributed by atoms with van der Waals surface area (Å²) in [6.45, 7) is 4.29. The molecule has 2 N–H and O–H groups in total. The number of nitrogens with zero attached hydrogens (tertiary/aromatic N) is 1. The molecule has 1 atom stereocenters. The van der Waals surface area contributed by atoms with Crippen LogP contribution in [0.2, 0.25) is 0 Å². The average molecular weight is 156 g/mol. The molecule has 0 amide bonds. The normalized spacial score (nSPS) is 26.5. The molecule has 0 saturated carbocycles. The fraction of sp³-hybridized carbons (Fsp3) is 1.00. The van der Waals surface area contributed by atoms with Crippen molar-refractivity contribution in [3.05, 3.63) is 0 Å². The first-order valence-corrected chi connectivity index (χ1v) is 4.45. The van der Waals surface area contributed by atoms with Crippen LogP contribution in [0.1, 0.15) is 12.8 Å². The van der Waals surface area contributed by atoms with E-state index in [0.717, 1.165) is 26.2 Å². The third kappa shape index (κ3) is 3.70. The summed E-state index contributed by atoms with van der Waals surface area (Å²) in [5.41, 5.74) is 0. The molecule has 1 rings (SSSR count). The van der Waals surface area contributed by atoms with Gasteiger partial charge in [-0.2, -0.15) is 0 Å². The highest BCUT2D eigenvalue weighted by Crippen LogP contribution is 1.99. The van der Waals surface area contributed by atoms with Gasteiger partial charge in [0.15, 0.2) is 0 Å². The van der Waals surface area contributed by atoms with Gasteiger partial charge in [-0.3, -0.25) is 0 Å². The molecule has 0 aliphatic carbocycles. The van der Waals surface area contributed by atoms with Gasteiger partial charge in [0.2, 0.25) is 0 Å². The lowest BCUT2D eigenvalue weighted by molar-refractivity contribution is 0.472. The Morgan fingerprint density at radius 2 is 2.45 bits per heavy atom. The molecule has 1 unspecified atom stereocenters. The van der Waals surface area contributed by atoms with Gasteiger partial charge in [0, 0.05) is 19.1 Å². The molecule has 1 fully saturated rings. The summed E-state index contributed by atoms with van der Waals surface area (Å²) in [6.07, 6.45) is 2.40. The Kier molecular flexibility index (Phi) is 4.50. The monoisotopic (exact) mass is 156 g/mol. The maximum Gasteiger partial charge on any atom is 0.0270 e. The second-order valence-electron chi connectivity index (χ2n) is 2.99. The van der Waals surface area contributed by atoms with Crippen LogP contribution in [0.4, 0.5) is 0 Å². The first-order chi connectivity index (χ1) is 5.43. The zero-order valence-electron chi connectivity index (χ0n) is 7.27. The van der Waals surface area contributed by atoms with Crippen LogP contribution in [0.5, 0.6) is 0 Å². The highest BCUT2D eigenvalue weighted by molar-refractivity contribution is 4.72. The number of rotatable bonds is 3. The lowest BCUT2D eigenvalue weighted by atomic mass is 10.1. The van der Waals surface area contributed by atoms with Gasteiger partial charge in [-0.1, -0.05) is 0 Å². The molecular weight excluding hydrogens is 138 g/mol. The van der Waals surface area contributed by atoms with E-state index in [0.29, 0.717) is 6.04 Å². The van der Waals surface area contributed by atoms with Crippen molar-refractivity contribution >= 4 is 0 Å². The van der Waals surface area contributed by atoms with Crippen LogP contribution in [-0.4, -0.2) is 39.3 Å². The fourth-order valence-electron chi connectivity index (χ4n) is 1.36. The minimum absolute atomic E-state index is 0.595. The largest absolute Gasteiger partial charge is 0.320 e. The van der Waals surface area contributed by atoms with E-state index in [1.165, 1.54) is 12.8 Å². The molecule has 0 aromatic heterocycles. The van der Waals surface area contributed by atoms with E-state index in [4.69, 9.17) is 0 Å². The molecule has 3 heteroatoms.